The largest absolute Gasteiger partial charge is 0.474 e. The normalized spacial score (nSPS) is 25.0. The SMILES string of the molecule is Cn1cnc([C@@H]2C[C@@H]3C[C@@](O)(c4cc(OCC(C)(C)O)nn4C)C[C@@H]3C2)c1C(=O)Nc1ccc(F)c(Cl)c1. The second-order valence-electron chi connectivity index (χ2n) is 11.4. The molecule has 38 heavy (non-hydrogen) atoms. The highest BCUT2D eigenvalue weighted by atomic mass is 35.5. The van der Waals surface area contributed by atoms with Crippen LogP contribution in [0, 0.1) is 17.7 Å². The van der Waals surface area contributed by atoms with Gasteiger partial charge in [-0.05, 0) is 69.6 Å². The monoisotopic (exact) mass is 545 g/mol. The number of aliphatic hydroxyl groups is 2. The van der Waals surface area contributed by atoms with E-state index in [1.54, 1.807) is 49.6 Å². The number of aryl methyl sites for hydroxylation is 2. The van der Waals surface area contributed by atoms with Crippen LogP contribution in [0.4, 0.5) is 10.1 Å². The molecule has 5 rings (SSSR count). The van der Waals surface area contributed by atoms with Crippen LogP contribution < -0.4 is 10.1 Å². The molecule has 0 bridgehead atoms. The van der Waals surface area contributed by atoms with E-state index >= 15 is 0 Å². The molecule has 204 valence electrons. The molecule has 4 atom stereocenters. The molecule has 1 aromatic carbocycles. The van der Waals surface area contributed by atoms with Crippen molar-refractivity contribution in [1.82, 2.24) is 19.3 Å². The summed E-state index contributed by atoms with van der Waals surface area (Å²) in [6.07, 6.45) is 4.43. The van der Waals surface area contributed by atoms with E-state index in [0.29, 0.717) is 35.8 Å². The number of benzene rings is 1. The predicted octanol–water partition coefficient (Wildman–Crippen LogP) is 4.14. The third-order valence-corrected chi connectivity index (χ3v) is 7.98. The maximum Gasteiger partial charge on any atom is 0.274 e. The minimum absolute atomic E-state index is 0.0616. The summed E-state index contributed by atoms with van der Waals surface area (Å²) in [6, 6.07) is 5.82. The first-order valence-corrected chi connectivity index (χ1v) is 13.1. The van der Waals surface area contributed by atoms with Crippen molar-refractivity contribution in [3.63, 3.8) is 0 Å². The number of amides is 1. The van der Waals surface area contributed by atoms with Gasteiger partial charge in [0.25, 0.3) is 5.91 Å². The molecule has 2 aliphatic rings. The van der Waals surface area contributed by atoms with E-state index in [-0.39, 0.29) is 35.3 Å². The molecule has 2 aliphatic carbocycles. The molecular weight excluding hydrogens is 513 g/mol. The number of imidazole rings is 1. The molecule has 0 saturated heterocycles. The smallest absolute Gasteiger partial charge is 0.274 e. The first-order chi connectivity index (χ1) is 17.8. The highest BCUT2D eigenvalue weighted by Gasteiger charge is 2.51. The molecule has 2 aromatic heterocycles. The number of halogens is 2. The van der Waals surface area contributed by atoms with Gasteiger partial charge in [0.15, 0.2) is 0 Å². The van der Waals surface area contributed by atoms with Crippen LogP contribution in [-0.2, 0) is 19.7 Å². The fourth-order valence-corrected chi connectivity index (χ4v) is 6.26. The zero-order valence-corrected chi connectivity index (χ0v) is 22.7. The second kappa shape index (κ2) is 9.66. The standard InChI is InChI=1S/C27H33ClFN5O4/c1-26(2,36)13-38-22-10-21(34(4)32-22)27(37)11-16-7-15(8-17(16)12-27)23-24(33(3)14-30-23)25(35)31-18-5-6-20(29)19(28)9-18/h5-6,9-10,14-17,36-37H,7-8,11-13H2,1-4H3,(H,31,35)/t15-,16-,17+,27+. The molecule has 0 unspecified atom stereocenters. The highest BCUT2D eigenvalue weighted by molar-refractivity contribution is 6.31. The van der Waals surface area contributed by atoms with E-state index < -0.39 is 17.0 Å². The van der Waals surface area contributed by atoms with E-state index in [4.69, 9.17) is 16.3 Å². The van der Waals surface area contributed by atoms with E-state index in [0.717, 1.165) is 18.5 Å². The van der Waals surface area contributed by atoms with Crippen LogP contribution in [0.3, 0.4) is 0 Å². The van der Waals surface area contributed by atoms with Gasteiger partial charge in [-0.1, -0.05) is 11.6 Å². The molecule has 2 heterocycles. The zero-order valence-electron chi connectivity index (χ0n) is 21.9. The Morgan fingerprint density at radius 2 is 1.95 bits per heavy atom. The topological polar surface area (TPSA) is 114 Å². The van der Waals surface area contributed by atoms with Crippen LogP contribution in [0.25, 0.3) is 0 Å². The summed E-state index contributed by atoms with van der Waals surface area (Å²) in [5.74, 6) is 0.131. The molecule has 9 nitrogen and oxygen atoms in total. The Balaban J connectivity index is 1.28. The lowest BCUT2D eigenvalue weighted by Crippen LogP contribution is -2.28. The summed E-state index contributed by atoms with van der Waals surface area (Å²) in [4.78, 5) is 17.7. The molecule has 3 aromatic rings. The van der Waals surface area contributed by atoms with Crippen molar-refractivity contribution in [2.24, 2.45) is 25.9 Å². The Morgan fingerprint density at radius 1 is 1.26 bits per heavy atom. The number of hydrogen-bond donors (Lipinski definition) is 3. The summed E-state index contributed by atoms with van der Waals surface area (Å²) in [5, 5.41) is 28.7. The van der Waals surface area contributed by atoms with Crippen molar-refractivity contribution in [2.45, 2.75) is 56.7 Å². The second-order valence-corrected chi connectivity index (χ2v) is 11.8. The maximum absolute atomic E-state index is 13.5. The van der Waals surface area contributed by atoms with Gasteiger partial charge >= 0.3 is 0 Å². The fraction of sp³-hybridized carbons (Fsp3) is 0.519. The van der Waals surface area contributed by atoms with E-state index in [1.807, 2.05) is 0 Å². The molecular formula is C27H33ClFN5O4. The molecule has 1 amide bonds. The van der Waals surface area contributed by atoms with E-state index in [9.17, 15) is 19.4 Å². The van der Waals surface area contributed by atoms with Crippen LogP contribution in [0.5, 0.6) is 5.88 Å². The summed E-state index contributed by atoms with van der Waals surface area (Å²) >= 11 is 5.87. The minimum atomic E-state index is -1.02. The highest BCUT2D eigenvalue weighted by Crippen LogP contribution is 2.57. The lowest BCUT2D eigenvalue weighted by Gasteiger charge is -2.24. The number of rotatable bonds is 7. The van der Waals surface area contributed by atoms with Crippen LogP contribution in [0.15, 0.2) is 30.6 Å². The lowest BCUT2D eigenvalue weighted by molar-refractivity contribution is 0.0261. The summed E-state index contributed by atoms with van der Waals surface area (Å²) < 4.78 is 22.5. The molecule has 0 radical (unpaired) electrons. The van der Waals surface area contributed by atoms with Gasteiger partial charge in [0.1, 0.15) is 23.7 Å². The summed E-state index contributed by atoms with van der Waals surface area (Å²) in [7, 11) is 3.56. The van der Waals surface area contributed by atoms with Gasteiger partial charge in [0.2, 0.25) is 5.88 Å². The molecule has 3 N–H and O–H groups in total. The van der Waals surface area contributed by atoms with Crippen molar-refractivity contribution in [3.05, 3.63) is 58.5 Å². The number of ether oxygens (including phenoxy) is 1. The average molecular weight is 546 g/mol. The van der Waals surface area contributed by atoms with Crippen LogP contribution >= 0.6 is 11.6 Å². The first-order valence-electron chi connectivity index (χ1n) is 12.7. The average Bonchev–Trinajstić information content (AvgIpc) is 3.56. The fourth-order valence-electron chi connectivity index (χ4n) is 6.08. The number of carbonyl (C=O) groups is 1. The van der Waals surface area contributed by atoms with Gasteiger partial charge in [0.05, 0.1) is 28.3 Å². The molecule has 0 aliphatic heterocycles. The zero-order chi connectivity index (χ0) is 27.4. The van der Waals surface area contributed by atoms with Crippen LogP contribution in [-0.4, -0.2) is 47.7 Å². The third kappa shape index (κ3) is 5.17. The third-order valence-electron chi connectivity index (χ3n) is 7.69. The van der Waals surface area contributed by atoms with Gasteiger partial charge in [-0.25, -0.2) is 9.37 Å². The summed E-state index contributed by atoms with van der Waals surface area (Å²) in [5.41, 5.74) is 0.296. The number of anilines is 1. The Hall–Kier alpha value is -2.95. The minimum Gasteiger partial charge on any atom is -0.474 e. The Kier molecular flexibility index (Phi) is 6.77. The predicted molar refractivity (Wildman–Crippen MR) is 140 cm³/mol. The molecule has 0 spiro atoms. The molecule has 11 heteroatoms. The van der Waals surface area contributed by atoms with Crippen molar-refractivity contribution in [3.8, 4) is 5.88 Å². The van der Waals surface area contributed by atoms with E-state index in [1.165, 1.54) is 18.2 Å². The lowest BCUT2D eigenvalue weighted by atomic mass is 9.90. The molecule has 2 saturated carbocycles. The van der Waals surface area contributed by atoms with Gasteiger partial charge in [-0.15, -0.1) is 5.10 Å². The van der Waals surface area contributed by atoms with Crippen molar-refractivity contribution in [1.29, 1.82) is 0 Å². The van der Waals surface area contributed by atoms with Crippen molar-refractivity contribution in [2.75, 3.05) is 11.9 Å². The maximum atomic E-state index is 13.5. The number of aromatic nitrogens is 4. The Bertz CT molecular complexity index is 1350. The number of nitrogens with zero attached hydrogens (tertiary/aromatic N) is 4. The van der Waals surface area contributed by atoms with Gasteiger partial charge in [-0.2, -0.15) is 0 Å². The summed E-state index contributed by atoms with van der Waals surface area (Å²) in [6.45, 7) is 3.42. The van der Waals surface area contributed by atoms with Crippen LogP contribution in [0.1, 0.15) is 67.3 Å². The number of hydrogen-bond acceptors (Lipinski definition) is 6. The van der Waals surface area contributed by atoms with E-state index in [2.05, 4.69) is 15.4 Å². The Morgan fingerprint density at radius 3 is 2.58 bits per heavy atom. The van der Waals surface area contributed by atoms with Gasteiger partial charge < -0.3 is 24.8 Å². The number of fused-ring (bicyclic) bond motifs is 1. The number of carbonyl (C=O) groups excluding carboxylic acids is 1. The number of nitrogens with one attached hydrogen (secondary N) is 1. The van der Waals surface area contributed by atoms with Gasteiger partial charge in [-0.3, -0.25) is 9.48 Å². The molecule has 2 fully saturated rings. The Labute approximate surface area is 225 Å². The van der Waals surface area contributed by atoms with Crippen LogP contribution in [0.2, 0.25) is 5.02 Å². The van der Waals surface area contributed by atoms with Gasteiger partial charge in [0, 0.05) is 31.8 Å². The van der Waals surface area contributed by atoms with Crippen molar-refractivity contribution >= 4 is 23.2 Å². The van der Waals surface area contributed by atoms with Crippen molar-refractivity contribution < 1.29 is 24.1 Å². The quantitative estimate of drug-likeness (QED) is 0.411. The first kappa shape index (κ1) is 26.6.